The topological polar surface area (TPSA) is 31.4 Å². The quantitative estimate of drug-likeness (QED) is 0.779. The highest BCUT2D eigenvalue weighted by atomic mass is 35.5. The smallest absolute Gasteiger partial charge is 0.166 e. The molecule has 0 bridgehead atoms. The van der Waals surface area contributed by atoms with Crippen LogP contribution < -0.4 is 9.47 Å². The molecule has 0 saturated heterocycles. The molecule has 0 aliphatic carbocycles. The summed E-state index contributed by atoms with van der Waals surface area (Å²) < 4.78 is 11.1. The predicted molar refractivity (Wildman–Crippen MR) is 78.5 cm³/mol. The van der Waals surface area contributed by atoms with E-state index in [1.54, 1.807) is 18.4 Å². The first-order valence-corrected chi connectivity index (χ1v) is 7.28. The fraction of sp³-hybridized carbons (Fsp3) is 0.357. The van der Waals surface area contributed by atoms with Crippen molar-refractivity contribution in [3.8, 4) is 11.5 Å². The van der Waals surface area contributed by atoms with E-state index < -0.39 is 0 Å². The molecule has 2 rings (SSSR count). The van der Waals surface area contributed by atoms with Crippen LogP contribution >= 0.6 is 22.9 Å². The lowest BCUT2D eigenvalue weighted by Crippen LogP contribution is -2.00. The van der Waals surface area contributed by atoms with Crippen molar-refractivity contribution in [2.75, 3.05) is 7.11 Å². The minimum atomic E-state index is 0.391. The molecule has 0 unspecified atom stereocenters. The van der Waals surface area contributed by atoms with Gasteiger partial charge in [-0.05, 0) is 19.9 Å². The molecule has 0 radical (unpaired) electrons. The van der Waals surface area contributed by atoms with E-state index in [-0.39, 0.29) is 0 Å². The van der Waals surface area contributed by atoms with Crippen LogP contribution in [0.3, 0.4) is 0 Å². The fourth-order valence-corrected chi connectivity index (χ4v) is 2.78. The molecule has 19 heavy (non-hydrogen) atoms. The Bertz CT molecular complexity index is 527. The van der Waals surface area contributed by atoms with Gasteiger partial charge < -0.3 is 9.47 Å². The molecule has 2 aromatic rings. The number of aryl methyl sites for hydroxylation is 2. The molecular formula is C14H16ClNO2S. The highest BCUT2D eigenvalue weighted by Gasteiger charge is 2.11. The second kappa shape index (κ2) is 6.26. The first kappa shape index (κ1) is 14.2. The third kappa shape index (κ3) is 3.19. The second-order valence-electron chi connectivity index (χ2n) is 4.12. The van der Waals surface area contributed by atoms with Gasteiger partial charge in [0, 0.05) is 10.4 Å². The van der Waals surface area contributed by atoms with Gasteiger partial charge in [0.2, 0.25) is 0 Å². The molecule has 1 heterocycles. The van der Waals surface area contributed by atoms with Gasteiger partial charge in [-0.3, -0.25) is 0 Å². The number of alkyl halides is 1. The Labute approximate surface area is 122 Å². The maximum Gasteiger partial charge on any atom is 0.166 e. The average Bonchev–Trinajstić information content (AvgIpc) is 2.75. The van der Waals surface area contributed by atoms with Crippen molar-refractivity contribution in [1.29, 1.82) is 0 Å². The first-order chi connectivity index (χ1) is 9.15. The van der Waals surface area contributed by atoms with Gasteiger partial charge in [0.25, 0.3) is 0 Å². The number of ether oxygens (including phenoxy) is 2. The minimum absolute atomic E-state index is 0.391. The van der Waals surface area contributed by atoms with Crippen LogP contribution in [0.1, 0.15) is 21.1 Å². The van der Waals surface area contributed by atoms with Gasteiger partial charge in [0.05, 0.1) is 18.7 Å². The zero-order chi connectivity index (χ0) is 13.8. The van der Waals surface area contributed by atoms with E-state index in [9.17, 15) is 0 Å². The number of methoxy groups -OCH3 is 1. The molecule has 1 aromatic heterocycles. The lowest BCUT2D eigenvalue weighted by atomic mass is 10.2. The van der Waals surface area contributed by atoms with Gasteiger partial charge >= 0.3 is 0 Å². The molecule has 0 spiro atoms. The maximum atomic E-state index is 5.92. The second-order valence-corrected chi connectivity index (χ2v) is 5.68. The fourth-order valence-electron chi connectivity index (χ4n) is 1.73. The molecule has 0 amide bonds. The summed E-state index contributed by atoms with van der Waals surface area (Å²) in [5.74, 6) is 1.79. The van der Waals surface area contributed by atoms with Gasteiger partial charge in [-0.2, -0.15) is 0 Å². The summed E-state index contributed by atoms with van der Waals surface area (Å²) >= 11 is 7.57. The number of thiazole rings is 1. The molecule has 1 aromatic carbocycles. The molecule has 0 atom stereocenters. The van der Waals surface area contributed by atoms with E-state index >= 15 is 0 Å². The van der Waals surface area contributed by atoms with Gasteiger partial charge in [-0.25, -0.2) is 4.98 Å². The number of hydrogen-bond donors (Lipinski definition) is 0. The summed E-state index contributed by atoms with van der Waals surface area (Å²) in [5.41, 5.74) is 1.98. The van der Waals surface area contributed by atoms with E-state index in [2.05, 4.69) is 11.9 Å². The monoisotopic (exact) mass is 297 g/mol. The molecule has 0 fully saturated rings. The highest BCUT2D eigenvalue weighted by molar-refractivity contribution is 7.11. The van der Waals surface area contributed by atoms with Gasteiger partial charge in [0.15, 0.2) is 11.5 Å². The molecule has 0 saturated carbocycles. The van der Waals surface area contributed by atoms with Crippen molar-refractivity contribution in [2.45, 2.75) is 26.3 Å². The Balaban J connectivity index is 2.18. The number of para-hydroxylation sites is 1. The predicted octanol–water partition coefficient (Wildman–Crippen LogP) is 4.09. The number of hydrogen-bond acceptors (Lipinski definition) is 4. The minimum Gasteiger partial charge on any atom is -0.493 e. The lowest BCUT2D eigenvalue weighted by molar-refractivity contribution is 0.281. The van der Waals surface area contributed by atoms with E-state index in [4.69, 9.17) is 21.1 Å². The van der Waals surface area contributed by atoms with Crippen LogP contribution in [0.2, 0.25) is 0 Å². The highest BCUT2D eigenvalue weighted by Crippen LogP contribution is 2.33. The molecule has 3 nitrogen and oxygen atoms in total. The Kier molecular flexibility index (Phi) is 4.66. The lowest BCUT2D eigenvalue weighted by Gasteiger charge is -2.12. The van der Waals surface area contributed by atoms with Crippen molar-refractivity contribution >= 4 is 22.9 Å². The third-order valence-corrected chi connectivity index (χ3v) is 4.17. The summed E-state index contributed by atoms with van der Waals surface area (Å²) in [7, 11) is 1.62. The zero-order valence-electron chi connectivity index (χ0n) is 11.2. The van der Waals surface area contributed by atoms with Crippen molar-refractivity contribution in [1.82, 2.24) is 4.98 Å². The number of rotatable bonds is 5. The van der Waals surface area contributed by atoms with Crippen LogP contribution in [-0.2, 0) is 12.5 Å². The van der Waals surface area contributed by atoms with Gasteiger partial charge in [0.1, 0.15) is 11.6 Å². The van der Waals surface area contributed by atoms with E-state index in [0.717, 1.165) is 16.3 Å². The van der Waals surface area contributed by atoms with E-state index in [1.807, 2.05) is 25.1 Å². The van der Waals surface area contributed by atoms with Crippen LogP contribution in [-0.4, -0.2) is 12.1 Å². The van der Waals surface area contributed by atoms with Crippen LogP contribution in [0.15, 0.2) is 18.2 Å². The molecule has 0 aliphatic heterocycles. The Hall–Kier alpha value is -1.26. The Morgan fingerprint density at radius 2 is 2.11 bits per heavy atom. The molecule has 0 aliphatic rings. The largest absolute Gasteiger partial charge is 0.493 e. The Morgan fingerprint density at radius 3 is 2.68 bits per heavy atom. The molecule has 102 valence electrons. The standard InChI is InChI=1S/C14H16ClNO2S/c1-9-10(2)19-13(16-9)8-18-14-11(7-15)5-4-6-12(14)17-3/h4-6H,7-8H2,1-3H3. The third-order valence-electron chi connectivity index (χ3n) is 2.84. The number of benzene rings is 1. The summed E-state index contributed by atoms with van der Waals surface area (Å²) in [6.07, 6.45) is 0. The number of aromatic nitrogens is 1. The molecule has 5 heteroatoms. The Morgan fingerprint density at radius 1 is 1.32 bits per heavy atom. The number of nitrogens with zero attached hydrogens (tertiary/aromatic N) is 1. The van der Waals surface area contributed by atoms with Crippen LogP contribution in [0.4, 0.5) is 0 Å². The van der Waals surface area contributed by atoms with Gasteiger partial charge in [-0.15, -0.1) is 22.9 Å². The summed E-state index contributed by atoms with van der Waals surface area (Å²) in [5, 5.41) is 0.960. The van der Waals surface area contributed by atoms with Crippen LogP contribution in [0.5, 0.6) is 11.5 Å². The maximum absolute atomic E-state index is 5.92. The average molecular weight is 298 g/mol. The van der Waals surface area contributed by atoms with Crippen molar-refractivity contribution < 1.29 is 9.47 Å². The summed E-state index contributed by atoms with van der Waals surface area (Å²) in [6, 6.07) is 5.70. The first-order valence-electron chi connectivity index (χ1n) is 5.93. The summed E-state index contributed by atoms with van der Waals surface area (Å²) in [4.78, 5) is 5.67. The molecule has 0 N–H and O–H groups in total. The molecular weight excluding hydrogens is 282 g/mol. The van der Waals surface area contributed by atoms with E-state index in [1.165, 1.54) is 4.88 Å². The summed E-state index contributed by atoms with van der Waals surface area (Å²) in [6.45, 7) is 4.50. The van der Waals surface area contributed by atoms with Crippen molar-refractivity contribution in [3.63, 3.8) is 0 Å². The number of halogens is 1. The van der Waals surface area contributed by atoms with Crippen LogP contribution in [0, 0.1) is 13.8 Å². The van der Waals surface area contributed by atoms with Crippen molar-refractivity contribution in [3.05, 3.63) is 39.3 Å². The van der Waals surface area contributed by atoms with E-state index in [0.29, 0.717) is 24.0 Å². The van der Waals surface area contributed by atoms with Gasteiger partial charge in [-0.1, -0.05) is 12.1 Å². The van der Waals surface area contributed by atoms with Crippen LogP contribution in [0.25, 0.3) is 0 Å². The zero-order valence-corrected chi connectivity index (χ0v) is 12.8. The SMILES string of the molecule is COc1cccc(CCl)c1OCc1nc(C)c(C)s1. The normalized spacial score (nSPS) is 10.5. The van der Waals surface area contributed by atoms with Crippen molar-refractivity contribution in [2.24, 2.45) is 0 Å².